The number of hydrogen-bond acceptors (Lipinski definition) is 4. The molecular formula is C17H21N3O3. The fraction of sp³-hybridized carbons (Fsp3) is 0.294. The predicted octanol–water partition coefficient (Wildman–Crippen LogP) is 2.52. The van der Waals surface area contributed by atoms with E-state index in [0.717, 1.165) is 11.3 Å². The van der Waals surface area contributed by atoms with Gasteiger partial charge in [0.2, 0.25) is 5.91 Å². The van der Waals surface area contributed by atoms with Crippen LogP contribution in [0.5, 0.6) is 0 Å². The summed E-state index contributed by atoms with van der Waals surface area (Å²) >= 11 is 0. The predicted molar refractivity (Wildman–Crippen MR) is 86.7 cm³/mol. The van der Waals surface area contributed by atoms with E-state index >= 15 is 0 Å². The molecule has 6 heteroatoms. The van der Waals surface area contributed by atoms with Crippen molar-refractivity contribution in [3.05, 3.63) is 60.1 Å². The second kappa shape index (κ2) is 8.14. The number of furan rings is 1. The Kier molecular flexibility index (Phi) is 5.94. The largest absolute Gasteiger partial charge is 0.468 e. The highest BCUT2D eigenvalue weighted by Gasteiger charge is 2.25. The van der Waals surface area contributed by atoms with Crippen LogP contribution in [0.2, 0.25) is 0 Å². The third-order valence-corrected chi connectivity index (χ3v) is 3.36. The zero-order valence-corrected chi connectivity index (χ0v) is 13.2. The van der Waals surface area contributed by atoms with Crippen molar-refractivity contribution >= 4 is 11.9 Å². The van der Waals surface area contributed by atoms with E-state index in [4.69, 9.17) is 4.42 Å². The van der Waals surface area contributed by atoms with E-state index in [1.807, 2.05) is 43.3 Å². The van der Waals surface area contributed by atoms with Crippen molar-refractivity contribution in [2.45, 2.75) is 25.9 Å². The number of urea groups is 1. The molecule has 3 N–H and O–H groups in total. The maximum Gasteiger partial charge on any atom is 0.321 e. The number of rotatable bonds is 6. The van der Waals surface area contributed by atoms with Crippen molar-refractivity contribution < 1.29 is 14.0 Å². The summed E-state index contributed by atoms with van der Waals surface area (Å²) < 4.78 is 5.36. The van der Waals surface area contributed by atoms with Gasteiger partial charge < -0.3 is 9.73 Å². The lowest BCUT2D eigenvalue weighted by Gasteiger charge is -2.22. The molecule has 6 nitrogen and oxygen atoms in total. The molecule has 0 fully saturated rings. The van der Waals surface area contributed by atoms with E-state index in [1.165, 1.54) is 0 Å². The number of hydrogen-bond donors (Lipinski definition) is 3. The second-order valence-electron chi connectivity index (χ2n) is 5.10. The van der Waals surface area contributed by atoms with Crippen LogP contribution in [0.4, 0.5) is 4.79 Å². The van der Waals surface area contributed by atoms with Crippen LogP contribution in [-0.4, -0.2) is 18.5 Å². The van der Waals surface area contributed by atoms with Gasteiger partial charge in [0.1, 0.15) is 11.8 Å². The fourth-order valence-electron chi connectivity index (χ4n) is 2.23. The quantitative estimate of drug-likeness (QED) is 0.765. The first kappa shape index (κ1) is 16.8. The van der Waals surface area contributed by atoms with E-state index in [2.05, 4.69) is 16.0 Å². The molecule has 1 aromatic heterocycles. The number of carbonyl (C=O) groups is 2. The van der Waals surface area contributed by atoms with E-state index in [1.54, 1.807) is 19.3 Å². The Hall–Kier alpha value is -2.60. The van der Waals surface area contributed by atoms with Crippen LogP contribution < -0.4 is 16.0 Å². The van der Waals surface area contributed by atoms with E-state index in [-0.39, 0.29) is 6.04 Å². The van der Waals surface area contributed by atoms with Crippen LogP contribution in [0, 0.1) is 0 Å². The molecule has 0 saturated carbocycles. The molecule has 2 atom stereocenters. The summed E-state index contributed by atoms with van der Waals surface area (Å²) in [6.45, 7) is 4.13. The molecule has 2 rings (SSSR count). The Balaban J connectivity index is 2.15. The first-order chi connectivity index (χ1) is 11.1. The minimum Gasteiger partial charge on any atom is -0.468 e. The van der Waals surface area contributed by atoms with Gasteiger partial charge in [-0.05, 0) is 31.5 Å². The van der Waals surface area contributed by atoms with E-state index < -0.39 is 18.0 Å². The molecule has 0 saturated heterocycles. The zero-order valence-electron chi connectivity index (χ0n) is 13.2. The zero-order chi connectivity index (χ0) is 16.7. The fourth-order valence-corrected chi connectivity index (χ4v) is 2.23. The molecule has 3 amide bonds. The molecule has 0 aliphatic carbocycles. The summed E-state index contributed by atoms with van der Waals surface area (Å²) in [6, 6.07) is 11.5. The number of nitrogens with one attached hydrogen (secondary N) is 3. The van der Waals surface area contributed by atoms with Crippen molar-refractivity contribution in [3.63, 3.8) is 0 Å². The van der Waals surface area contributed by atoms with E-state index in [9.17, 15) is 9.59 Å². The molecule has 0 bridgehead atoms. The highest BCUT2D eigenvalue weighted by molar-refractivity contribution is 5.97. The Morgan fingerprint density at radius 2 is 1.87 bits per heavy atom. The second-order valence-corrected chi connectivity index (χ2v) is 5.10. The van der Waals surface area contributed by atoms with Gasteiger partial charge in [0.15, 0.2) is 0 Å². The first-order valence-corrected chi connectivity index (χ1v) is 7.55. The first-order valence-electron chi connectivity index (χ1n) is 7.55. The van der Waals surface area contributed by atoms with Gasteiger partial charge in [0.25, 0.3) is 0 Å². The number of carbonyl (C=O) groups excluding carboxylic acids is 2. The van der Waals surface area contributed by atoms with Crippen LogP contribution in [0.1, 0.15) is 37.3 Å². The van der Waals surface area contributed by atoms with Crippen molar-refractivity contribution in [2.24, 2.45) is 0 Å². The monoisotopic (exact) mass is 315 g/mol. The SMILES string of the molecule is CCNC(=O)NC(=O)[C@@H](N[C@H](C)c1ccco1)c1ccccc1. The third-order valence-electron chi connectivity index (χ3n) is 3.36. The average Bonchev–Trinajstić information content (AvgIpc) is 3.07. The molecule has 2 aromatic rings. The molecular weight excluding hydrogens is 294 g/mol. The molecule has 23 heavy (non-hydrogen) atoms. The molecule has 0 radical (unpaired) electrons. The van der Waals surface area contributed by atoms with Crippen LogP contribution in [-0.2, 0) is 4.79 Å². The minimum absolute atomic E-state index is 0.185. The summed E-state index contributed by atoms with van der Waals surface area (Å²) in [5.74, 6) is 0.303. The maximum atomic E-state index is 12.5. The Morgan fingerprint density at radius 1 is 1.13 bits per heavy atom. The van der Waals surface area contributed by atoms with Crippen LogP contribution in [0.3, 0.4) is 0 Å². The van der Waals surface area contributed by atoms with Gasteiger partial charge in [-0.2, -0.15) is 0 Å². The van der Waals surface area contributed by atoms with Crippen molar-refractivity contribution in [1.82, 2.24) is 16.0 Å². The van der Waals surface area contributed by atoms with Crippen molar-refractivity contribution in [3.8, 4) is 0 Å². The molecule has 0 aliphatic heterocycles. The lowest BCUT2D eigenvalue weighted by atomic mass is 10.0. The molecule has 0 aliphatic rings. The third kappa shape index (κ3) is 4.69. The molecule has 1 aromatic carbocycles. The molecule has 0 unspecified atom stereocenters. The summed E-state index contributed by atoms with van der Waals surface area (Å²) in [5.41, 5.74) is 0.771. The van der Waals surface area contributed by atoms with Gasteiger partial charge in [0, 0.05) is 6.54 Å². The number of imide groups is 1. The Bertz CT molecular complexity index is 626. The van der Waals surface area contributed by atoms with Gasteiger partial charge in [-0.3, -0.25) is 15.4 Å². The molecule has 122 valence electrons. The minimum atomic E-state index is -0.668. The average molecular weight is 315 g/mol. The number of amides is 3. The summed E-state index contributed by atoms with van der Waals surface area (Å²) in [4.78, 5) is 24.1. The van der Waals surface area contributed by atoms with Gasteiger partial charge >= 0.3 is 6.03 Å². The van der Waals surface area contributed by atoms with Gasteiger partial charge in [-0.15, -0.1) is 0 Å². The lowest BCUT2D eigenvalue weighted by molar-refractivity contribution is -0.122. The maximum absolute atomic E-state index is 12.5. The summed E-state index contributed by atoms with van der Waals surface area (Å²) in [7, 11) is 0. The number of benzene rings is 1. The Morgan fingerprint density at radius 3 is 2.48 bits per heavy atom. The normalized spacial score (nSPS) is 13.1. The van der Waals surface area contributed by atoms with Crippen molar-refractivity contribution in [2.75, 3.05) is 6.54 Å². The van der Waals surface area contributed by atoms with Crippen molar-refractivity contribution in [1.29, 1.82) is 0 Å². The molecule has 0 spiro atoms. The lowest BCUT2D eigenvalue weighted by Crippen LogP contribution is -2.45. The highest BCUT2D eigenvalue weighted by atomic mass is 16.3. The van der Waals surface area contributed by atoms with Crippen LogP contribution in [0.25, 0.3) is 0 Å². The van der Waals surface area contributed by atoms with E-state index in [0.29, 0.717) is 6.54 Å². The van der Waals surface area contributed by atoms with Gasteiger partial charge in [-0.25, -0.2) is 4.79 Å². The standard InChI is InChI=1S/C17H21N3O3/c1-3-18-17(22)20-16(21)15(13-8-5-4-6-9-13)19-12(2)14-10-7-11-23-14/h4-12,15,19H,3H2,1-2H3,(H2,18,20,21,22)/t12-,15+/m1/s1. The Labute approximate surface area is 135 Å². The van der Waals surface area contributed by atoms with Gasteiger partial charge in [-0.1, -0.05) is 30.3 Å². The summed E-state index contributed by atoms with van der Waals surface area (Å²) in [6.07, 6.45) is 1.58. The van der Waals surface area contributed by atoms with Gasteiger partial charge in [0.05, 0.1) is 12.3 Å². The smallest absolute Gasteiger partial charge is 0.321 e. The highest BCUT2D eigenvalue weighted by Crippen LogP contribution is 2.20. The van der Waals surface area contributed by atoms with Crippen LogP contribution in [0.15, 0.2) is 53.1 Å². The van der Waals surface area contributed by atoms with Crippen LogP contribution >= 0.6 is 0 Å². The topological polar surface area (TPSA) is 83.4 Å². The molecule has 1 heterocycles. The summed E-state index contributed by atoms with van der Waals surface area (Å²) in [5, 5.41) is 8.09.